The predicted molar refractivity (Wildman–Crippen MR) is 135 cm³/mol. The van der Waals surface area contributed by atoms with Gasteiger partial charge in [0.15, 0.2) is 0 Å². The molecule has 3 rings (SSSR count). The van der Waals surface area contributed by atoms with Gasteiger partial charge >= 0.3 is 0 Å². The van der Waals surface area contributed by atoms with Crippen LogP contribution in [-0.2, 0) is 0 Å². The van der Waals surface area contributed by atoms with Crippen molar-refractivity contribution >= 4 is 31.2 Å². The third-order valence-electron chi connectivity index (χ3n) is 6.29. The Hall–Kier alpha value is -2.13. The predicted octanol–water partition coefficient (Wildman–Crippen LogP) is 6.03. The zero-order valence-electron chi connectivity index (χ0n) is 17.9. The van der Waals surface area contributed by atoms with Crippen molar-refractivity contribution in [2.24, 2.45) is 0 Å². The van der Waals surface area contributed by atoms with E-state index >= 15 is 0 Å². The number of hydrogen-bond acceptors (Lipinski definition) is 0. The molecule has 0 nitrogen and oxygen atoms in total. The SMILES string of the molecule is CC[Si](C#CC[P+](c1ccccc1)(c1ccccc1)c1ccccc1)(CC)CC. The van der Waals surface area contributed by atoms with Crippen LogP contribution in [0.2, 0.25) is 18.1 Å². The fraction of sp³-hybridized carbons (Fsp3) is 0.259. The summed E-state index contributed by atoms with van der Waals surface area (Å²) in [5.74, 6) is 3.78. The summed E-state index contributed by atoms with van der Waals surface area (Å²) in [6, 6.07) is 37.0. The van der Waals surface area contributed by atoms with Gasteiger partial charge in [-0.3, -0.25) is 0 Å². The number of rotatable bonds is 7. The molecule has 0 atom stereocenters. The Labute approximate surface area is 178 Å². The van der Waals surface area contributed by atoms with Crippen LogP contribution in [0.1, 0.15) is 20.8 Å². The second-order valence-electron chi connectivity index (χ2n) is 7.62. The first-order valence-electron chi connectivity index (χ1n) is 10.8. The minimum atomic E-state index is -1.82. The van der Waals surface area contributed by atoms with Crippen molar-refractivity contribution in [3.05, 3.63) is 91.0 Å². The van der Waals surface area contributed by atoms with Gasteiger partial charge in [0.1, 0.15) is 37.4 Å². The summed E-state index contributed by atoms with van der Waals surface area (Å²) >= 11 is 0. The highest BCUT2D eigenvalue weighted by Gasteiger charge is 2.44. The Kier molecular flexibility index (Phi) is 7.49. The van der Waals surface area contributed by atoms with Crippen LogP contribution in [0.25, 0.3) is 0 Å². The van der Waals surface area contributed by atoms with Crippen molar-refractivity contribution in [1.82, 2.24) is 0 Å². The molecule has 0 aromatic heterocycles. The Balaban J connectivity index is 2.21. The molecule has 29 heavy (non-hydrogen) atoms. The highest BCUT2D eigenvalue weighted by Crippen LogP contribution is 2.54. The fourth-order valence-corrected chi connectivity index (χ4v) is 10.6. The smallest absolute Gasteiger partial charge is 0.127 e. The zero-order valence-corrected chi connectivity index (χ0v) is 19.8. The standard InChI is InChI=1S/C27H32PSi/c1-4-29(5-2,6-3)24-16-23-28(25-17-10-7-11-18-25,26-19-12-8-13-20-26)27-21-14-9-15-22-27/h7-15,17-22H,4-6,23H2,1-3H3/q+1. The van der Waals surface area contributed by atoms with E-state index in [4.69, 9.17) is 0 Å². The minimum Gasteiger partial charge on any atom is -0.127 e. The van der Waals surface area contributed by atoms with E-state index in [0.717, 1.165) is 6.16 Å². The first-order valence-corrected chi connectivity index (χ1v) is 15.4. The first-order chi connectivity index (χ1) is 14.2. The highest BCUT2D eigenvalue weighted by atomic mass is 31.2. The summed E-state index contributed by atoms with van der Waals surface area (Å²) in [4.78, 5) is 0. The molecular weight excluding hydrogens is 383 g/mol. The van der Waals surface area contributed by atoms with E-state index in [1.807, 2.05) is 0 Å². The highest BCUT2D eigenvalue weighted by molar-refractivity contribution is 7.95. The van der Waals surface area contributed by atoms with E-state index < -0.39 is 15.3 Å². The minimum absolute atomic E-state index is 0.916. The first kappa shape index (κ1) is 21.6. The second kappa shape index (κ2) is 10.1. The lowest BCUT2D eigenvalue weighted by atomic mass is 10.4. The molecule has 0 aliphatic carbocycles. The maximum Gasteiger partial charge on any atom is 0.137 e. The Bertz CT molecular complexity index is 830. The second-order valence-corrected chi connectivity index (χ2v) is 16.0. The topological polar surface area (TPSA) is 0 Å². The van der Waals surface area contributed by atoms with Gasteiger partial charge in [-0.2, -0.15) is 0 Å². The molecule has 3 aromatic rings. The molecule has 0 fully saturated rings. The molecule has 0 amide bonds. The van der Waals surface area contributed by atoms with Gasteiger partial charge in [0.05, 0.1) is 0 Å². The van der Waals surface area contributed by atoms with Gasteiger partial charge in [0.25, 0.3) is 0 Å². The summed E-state index contributed by atoms with van der Waals surface area (Å²) in [6.45, 7) is 7.01. The van der Waals surface area contributed by atoms with Gasteiger partial charge in [-0.25, -0.2) is 0 Å². The van der Waals surface area contributed by atoms with Crippen molar-refractivity contribution in [1.29, 1.82) is 0 Å². The van der Waals surface area contributed by atoms with Gasteiger partial charge in [-0.1, -0.05) is 81.3 Å². The number of benzene rings is 3. The van der Waals surface area contributed by atoms with Gasteiger partial charge in [-0.15, -0.1) is 5.54 Å². The van der Waals surface area contributed by atoms with Crippen molar-refractivity contribution < 1.29 is 0 Å². The van der Waals surface area contributed by atoms with E-state index in [1.165, 1.54) is 34.0 Å². The summed E-state index contributed by atoms with van der Waals surface area (Å²) in [5.41, 5.74) is 3.86. The van der Waals surface area contributed by atoms with Gasteiger partial charge in [-0.05, 0) is 54.5 Å². The molecule has 0 radical (unpaired) electrons. The van der Waals surface area contributed by atoms with Crippen LogP contribution < -0.4 is 15.9 Å². The molecule has 0 bridgehead atoms. The van der Waals surface area contributed by atoms with Crippen molar-refractivity contribution in [2.45, 2.75) is 38.9 Å². The summed E-state index contributed by atoms with van der Waals surface area (Å²) in [5, 5.41) is 4.26. The Morgan fingerprint density at radius 2 is 0.931 bits per heavy atom. The average Bonchev–Trinajstić information content (AvgIpc) is 2.82. The maximum absolute atomic E-state index is 3.86. The average molecular weight is 416 g/mol. The molecule has 0 aliphatic rings. The van der Waals surface area contributed by atoms with E-state index in [-0.39, 0.29) is 0 Å². The molecule has 2 heteroatoms. The molecule has 3 aromatic carbocycles. The quantitative estimate of drug-likeness (QED) is 0.251. The lowest BCUT2D eigenvalue weighted by molar-refractivity contribution is 1.20. The van der Waals surface area contributed by atoms with Crippen LogP contribution >= 0.6 is 7.26 Å². The largest absolute Gasteiger partial charge is 0.137 e. The van der Waals surface area contributed by atoms with E-state index in [0.29, 0.717) is 0 Å². The Morgan fingerprint density at radius 3 is 1.24 bits per heavy atom. The molecule has 0 N–H and O–H groups in total. The third-order valence-corrected chi connectivity index (χ3v) is 15.2. The third kappa shape index (κ3) is 4.56. The van der Waals surface area contributed by atoms with Crippen LogP contribution in [0, 0.1) is 11.5 Å². The van der Waals surface area contributed by atoms with E-state index in [9.17, 15) is 0 Å². The molecule has 148 valence electrons. The monoisotopic (exact) mass is 415 g/mol. The van der Waals surface area contributed by atoms with Crippen LogP contribution in [0.15, 0.2) is 91.0 Å². The van der Waals surface area contributed by atoms with Crippen LogP contribution in [0.5, 0.6) is 0 Å². The molecule has 0 aliphatic heterocycles. The van der Waals surface area contributed by atoms with E-state index in [1.54, 1.807) is 0 Å². The Morgan fingerprint density at radius 1 is 0.586 bits per heavy atom. The molecule has 0 saturated carbocycles. The van der Waals surface area contributed by atoms with Crippen LogP contribution in [0.3, 0.4) is 0 Å². The van der Waals surface area contributed by atoms with E-state index in [2.05, 4.69) is 123 Å². The fourth-order valence-electron chi connectivity index (χ4n) is 4.13. The summed E-state index contributed by atoms with van der Waals surface area (Å²) in [6.07, 6.45) is 0.916. The van der Waals surface area contributed by atoms with Crippen molar-refractivity contribution in [2.75, 3.05) is 6.16 Å². The van der Waals surface area contributed by atoms with Crippen LogP contribution in [-0.4, -0.2) is 14.2 Å². The summed E-state index contributed by atoms with van der Waals surface area (Å²) < 4.78 is 0. The molecule has 0 unspecified atom stereocenters. The van der Waals surface area contributed by atoms with Gasteiger partial charge < -0.3 is 0 Å². The van der Waals surface area contributed by atoms with Crippen molar-refractivity contribution in [3.8, 4) is 11.5 Å². The number of hydrogen-bond donors (Lipinski definition) is 0. The van der Waals surface area contributed by atoms with Gasteiger partial charge in [0, 0.05) is 0 Å². The normalized spacial score (nSPS) is 11.6. The molecule has 0 saturated heterocycles. The zero-order chi connectivity index (χ0) is 20.6. The van der Waals surface area contributed by atoms with Crippen molar-refractivity contribution in [3.63, 3.8) is 0 Å². The molecule has 0 heterocycles. The molecule has 0 spiro atoms. The summed E-state index contributed by atoms with van der Waals surface area (Å²) in [7, 11) is -3.29. The van der Waals surface area contributed by atoms with Gasteiger partial charge in [0.2, 0.25) is 0 Å². The maximum atomic E-state index is 3.86. The molecular formula is C27H32PSi+. The van der Waals surface area contributed by atoms with Crippen LogP contribution in [0.4, 0.5) is 0 Å². The lowest BCUT2D eigenvalue weighted by Crippen LogP contribution is -2.34. The lowest BCUT2D eigenvalue weighted by Gasteiger charge is -2.26.